The summed E-state index contributed by atoms with van der Waals surface area (Å²) in [6.45, 7) is 7.21. The minimum atomic E-state index is -0.406. The third-order valence-corrected chi connectivity index (χ3v) is 9.30. The molecule has 9 atom stereocenters. The number of rotatable bonds is 2. The van der Waals surface area contributed by atoms with Crippen molar-refractivity contribution in [2.45, 2.75) is 81.3 Å². The monoisotopic (exact) mass is 374 g/mol. The van der Waals surface area contributed by atoms with Gasteiger partial charge in [-0.1, -0.05) is 20.8 Å². The van der Waals surface area contributed by atoms with Gasteiger partial charge in [-0.2, -0.15) is 0 Å². The van der Waals surface area contributed by atoms with E-state index in [9.17, 15) is 4.79 Å². The minimum Gasteiger partial charge on any atom is -0.458 e. The van der Waals surface area contributed by atoms with Crippen LogP contribution in [0.15, 0.2) is 11.1 Å². The Morgan fingerprint density at radius 1 is 1.19 bits per heavy atom. The molecule has 0 amide bonds. The number of carbonyl (C=O) groups excluding carboxylic acids is 1. The van der Waals surface area contributed by atoms with E-state index in [1.54, 1.807) is 7.11 Å². The maximum absolute atomic E-state index is 12.1. The fourth-order valence-corrected chi connectivity index (χ4v) is 8.02. The maximum atomic E-state index is 12.1. The van der Waals surface area contributed by atoms with E-state index in [1.807, 2.05) is 0 Å². The van der Waals surface area contributed by atoms with E-state index in [4.69, 9.17) is 23.7 Å². The highest BCUT2D eigenvalue weighted by Gasteiger charge is 3.00. The van der Waals surface area contributed by atoms with Crippen LogP contribution in [0, 0.1) is 17.3 Å². The number of methoxy groups -OCH3 is 1. The van der Waals surface area contributed by atoms with Crippen LogP contribution in [0.1, 0.15) is 40.0 Å². The predicted molar refractivity (Wildman–Crippen MR) is 91.9 cm³/mol. The van der Waals surface area contributed by atoms with Crippen LogP contribution in [0.5, 0.6) is 0 Å². The molecule has 3 saturated heterocycles. The van der Waals surface area contributed by atoms with Crippen molar-refractivity contribution in [1.29, 1.82) is 0 Å². The molecule has 5 fully saturated rings. The van der Waals surface area contributed by atoms with Gasteiger partial charge in [0.2, 0.25) is 0 Å². The summed E-state index contributed by atoms with van der Waals surface area (Å²) in [6.07, 6.45) is 2.79. The van der Waals surface area contributed by atoms with Crippen LogP contribution in [-0.2, 0) is 28.5 Å². The van der Waals surface area contributed by atoms with E-state index in [-0.39, 0.29) is 52.9 Å². The lowest BCUT2D eigenvalue weighted by Gasteiger charge is -2.53. The third-order valence-electron chi connectivity index (χ3n) is 9.30. The Morgan fingerprint density at radius 2 is 2.00 bits per heavy atom. The molecule has 2 spiro atoms. The van der Waals surface area contributed by atoms with Gasteiger partial charge in [0, 0.05) is 18.1 Å². The van der Waals surface area contributed by atoms with Gasteiger partial charge in [-0.05, 0) is 36.7 Å². The summed E-state index contributed by atoms with van der Waals surface area (Å²) >= 11 is 0. The number of hydrogen-bond donors (Lipinski definition) is 0. The summed E-state index contributed by atoms with van der Waals surface area (Å²) in [5.74, 6) is 0.510. The van der Waals surface area contributed by atoms with E-state index in [0.29, 0.717) is 12.5 Å². The predicted octanol–water partition coefficient (Wildman–Crippen LogP) is 1.76. The van der Waals surface area contributed by atoms with E-state index < -0.39 is 5.60 Å². The average molecular weight is 374 g/mol. The number of hydrogen-bond acceptors (Lipinski definition) is 6. The van der Waals surface area contributed by atoms with Gasteiger partial charge in [-0.15, -0.1) is 0 Å². The first kappa shape index (κ1) is 15.9. The zero-order chi connectivity index (χ0) is 18.6. The second-order valence-corrected chi connectivity index (χ2v) is 10.1. The maximum Gasteiger partial charge on any atom is 0.334 e. The molecule has 0 radical (unpaired) electrons. The van der Waals surface area contributed by atoms with Gasteiger partial charge < -0.3 is 23.7 Å². The Balaban J connectivity index is 1.39. The lowest BCUT2D eigenvalue weighted by Crippen LogP contribution is -2.69. The van der Waals surface area contributed by atoms with E-state index in [0.717, 1.165) is 24.8 Å². The quantitative estimate of drug-likeness (QED) is 0.542. The molecule has 0 bridgehead atoms. The van der Waals surface area contributed by atoms with E-state index >= 15 is 0 Å². The molecule has 0 aromatic rings. The SMILES string of the molecule is CO[C@@H]1[C@@]2(C(C)C)O[C@H]2[C@@H]2O[C@]23[C@]12O[C@H]2CC1C2=C(CC[C@@]13C)C(=O)OC2. The molecule has 4 aliphatic heterocycles. The normalized spacial score (nSPS) is 61.2. The largest absolute Gasteiger partial charge is 0.458 e. The molecule has 3 aliphatic carbocycles. The third kappa shape index (κ3) is 1.30. The molecule has 0 N–H and O–H groups in total. The number of esters is 1. The van der Waals surface area contributed by atoms with Crippen molar-refractivity contribution in [3.8, 4) is 0 Å². The van der Waals surface area contributed by atoms with Crippen LogP contribution in [-0.4, -0.2) is 60.9 Å². The first-order valence-corrected chi connectivity index (χ1v) is 10.3. The highest BCUT2D eigenvalue weighted by atomic mass is 16.8. The molecular formula is C21H26O6. The topological polar surface area (TPSA) is 73.1 Å². The Kier molecular flexibility index (Phi) is 2.45. The highest BCUT2D eigenvalue weighted by Crippen LogP contribution is 2.83. The van der Waals surface area contributed by atoms with Crippen LogP contribution < -0.4 is 0 Å². The Labute approximate surface area is 158 Å². The molecule has 27 heavy (non-hydrogen) atoms. The molecule has 0 aromatic heterocycles. The van der Waals surface area contributed by atoms with Crippen LogP contribution >= 0.6 is 0 Å². The fourth-order valence-electron chi connectivity index (χ4n) is 8.02. The van der Waals surface area contributed by atoms with Crippen molar-refractivity contribution >= 4 is 5.97 Å². The van der Waals surface area contributed by atoms with Gasteiger partial charge in [0.05, 0.1) is 6.10 Å². The lowest BCUT2D eigenvalue weighted by molar-refractivity contribution is -0.136. The summed E-state index contributed by atoms with van der Waals surface area (Å²) in [5.41, 5.74) is 0.978. The Bertz CT molecular complexity index is 835. The van der Waals surface area contributed by atoms with Crippen molar-refractivity contribution in [3.63, 3.8) is 0 Å². The average Bonchev–Trinajstić information content (AvgIpc) is 3.52. The van der Waals surface area contributed by atoms with Crippen molar-refractivity contribution in [3.05, 3.63) is 11.1 Å². The Hall–Kier alpha value is -0.950. The van der Waals surface area contributed by atoms with Crippen molar-refractivity contribution in [2.75, 3.05) is 13.7 Å². The second kappa shape index (κ2) is 4.16. The standard InChI is InChI=1S/C21H26O6/c1-9(2)19-14(26-19)15-21(27-15)18(3)6-5-10-11(8-24-16(10)22)12(18)7-13-20(21,25-13)17(19)23-4/h9,12-15,17H,5-8H2,1-4H3/t12?,13-,14-,15-,17+,18-,19-,20+,21+/m0/s1. The summed E-state index contributed by atoms with van der Waals surface area (Å²) in [7, 11) is 1.79. The molecule has 6 nitrogen and oxygen atoms in total. The zero-order valence-corrected chi connectivity index (χ0v) is 16.2. The van der Waals surface area contributed by atoms with Gasteiger partial charge in [0.15, 0.2) is 5.60 Å². The highest BCUT2D eigenvalue weighted by molar-refractivity contribution is 5.92. The summed E-state index contributed by atoms with van der Waals surface area (Å²) < 4.78 is 31.1. The van der Waals surface area contributed by atoms with Crippen LogP contribution in [0.3, 0.4) is 0 Å². The van der Waals surface area contributed by atoms with Crippen molar-refractivity contribution in [1.82, 2.24) is 0 Å². The van der Waals surface area contributed by atoms with E-state index in [2.05, 4.69) is 20.8 Å². The number of ether oxygens (including phenoxy) is 5. The summed E-state index contributed by atoms with van der Waals surface area (Å²) in [6, 6.07) is 0. The van der Waals surface area contributed by atoms with Crippen LogP contribution in [0.4, 0.5) is 0 Å². The molecule has 1 unspecified atom stereocenters. The summed E-state index contributed by atoms with van der Waals surface area (Å²) in [4.78, 5) is 12.1. The summed E-state index contributed by atoms with van der Waals surface area (Å²) in [5, 5.41) is 0. The first-order valence-electron chi connectivity index (χ1n) is 10.3. The Morgan fingerprint density at radius 3 is 2.74 bits per heavy atom. The lowest BCUT2D eigenvalue weighted by atomic mass is 9.46. The van der Waals surface area contributed by atoms with Gasteiger partial charge in [-0.3, -0.25) is 0 Å². The number of cyclic esters (lactones) is 1. The second-order valence-electron chi connectivity index (χ2n) is 10.1. The van der Waals surface area contributed by atoms with Gasteiger partial charge in [0.25, 0.3) is 0 Å². The molecule has 146 valence electrons. The number of carbonyl (C=O) groups is 1. The molecule has 6 heteroatoms. The zero-order valence-electron chi connectivity index (χ0n) is 16.2. The smallest absolute Gasteiger partial charge is 0.334 e. The van der Waals surface area contributed by atoms with Crippen LogP contribution in [0.2, 0.25) is 0 Å². The van der Waals surface area contributed by atoms with Gasteiger partial charge in [0.1, 0.15) is 36.1 Å². The molecule has 7 aliphatic rings. The molecule has 7 rings (SSSR count). The fraction of sp³-hybridized carbons (Fsp3) is 0.857. The molecular weight excluding hydrogens is 348 g/mol. The molecule has 0 aromatic carbocycles. The van der Waals surface area contributed by atoms with Crippen molar-refractivity contribution < 1.29 is 28.5 Å². The van der Waals surface area contributed by atoms with Crippen LogP contribution in [0.25, 0.3) is 0 Å². The number of epoxide rings is 3. The molecule has 2 saturated carbocycles. The van der Waals surface area contributed by atoms with Gasteiger partial charge >= 0.3 is 5.97 Å². The van der Waals surface area contributed by atoms with Crippen molar-refractivity contribution in [2.24, 2.45) is 17.3 Å². The molecule has 4 heterocycles. The van der Waals surface area contributed by atoms with E-state index in [1.165, 1.54) is 5.57 Å². The first-order chi connectivity index (χ1) is 12.9. The number of fused-ring (bicyclic) bond motifs is 4. The van der Waals surface area contributed by atoms with Gasteiger partial charge in [-0.25, -0.2) is 4.79 Å². The minimum absolute atomic E-state index is 0.0734.